The third-order valence-electron chi connectivity index (χ3n) is 3.66. The van der Waals surface area contributed by atoms with Crippen molar-refractivity contribution in [1.29, 1.82) is 0 Å². The number of aliphatic hydroxyl groups is 1. The van der Waals surface area contributed by atoms with Crippen LogP contribution in [0.4, 0.5) is 0 Å². The summed E-state index contributed by atoms with van der Waals surface area (Å²) in [4.78, 5) is 12.8. The van der Waals surface area contributed by atoms with Crippen molar-refractivity contribution in [2.75, 3.05) is 0 Å². The molecular weight excluding hydrogens is 300 g/mol. The number of amides is 1. The van der Waals surface area contributed by atoms with Gasteiger partial charge in [0.1, 0.15) is 0 Å². The second-order valence-electron chi connectivity index (χ2n) is 5.29. The summed E-state index contributed by atoms with van der Waals surface area (Å²) in [5, 5.41) is 16.7. The van der Waals surface area contributed by atoms with Crippen molar-refractivity contribution in [1.82, 2.24) is 5.01 Å². The zero-order chi connectivity index (χ0) is 15.7. The highest BCUT2D eigenvalue weighted by molar-refractivity contribution is 6.33. The molecule has 5 heteroatoms. The number of carbonyl (C=O) groups excluding carboxylic acids is 1. The van der Waals surface area contributed by atoms with E-state index in [1.165, 1.54) is 0 Å². The molecule has 0 spiro atoms. The molecule has 1 heterocycles. The zero-order valence-electron chi connectivity index (χ0n) is 12.0. The summed E-state index contributed by atoms with van der Waals surface area (Å²) < 4.78 is 0. The molecule has 0 aliphatic carbocycles. The van der Waals surface area contributed by atoms with Crippen molar-refractivity contribution < 1.29 is 9.90 Å². The second-order valence-corrected chi connectivity index (χ2v) is 5.70. The maximum Gasteiger partial charge on any atom is 0.278 e. The first-order chi connectivity index (χ1) is 10.5. The molecule has 1 aliphatic heterocycles. The predicted molar refractivity (Wildman–Crippen MR) is 85.7 cm³/mol. The van der Waals surface area contributed by atoms with Crippen LogP contribution >= 0.6 is 11.6 Å². The highest BCUT2D eigenvalue weighted by atomic mass is 35.5. The first kappa shape index (κ1) is 14.8. The van der Waals surface area contributed by atoms with E-state index in [4.69, 9.17) is 11.6 Å². The lowest BCUT2D eigenvalue weighted by Crippen LogP contribution is -2.43. The Kier molecular flexibility index (Phi) is 3.72. The molecule has 1 aliphatic rings. The minimum atomic E-state index is -1.48. The van der Waals surface area contributed by atoms with Crippen LogP contribution in [0.5, 0.6) is 0 Å². The lowest BCUT2D eigenvalue weighted by Gasteiger charge is -2.31. The van der Waals surface area contributed by atoms with E-state index < -0.39 is 11.6 Å². The van der Waals surface area contributed by atoms with Crippen LogP contribution in [0.15, 0.2) is 59.7 Å². The Bertz CT molecular complexity index is 745. The minimum absolute atomic E-state index is 0.271. The van der Waals surface area contributed by atoms with Gasteiger partial charge in [0.05, 0.1) is 10.6 Å². The topological polar surface area (TPSA) is 52.9 Å². The van der Waals surface area contributed by atoms with Gasteiger partial charge in [-0.15, -0.1) is 0 Å². The maximum atomic E-state index is 12.8. The fourth-order valence-electron chi connectivity index (χ4n) is 2.61. The number of benzene rings is 2. The summed E-state index contributed by atoms with van der Waals surface area (Å²) in [7, 11) is 0. The average Bonchev–Trinajstić information content (AvgIpc) is 2.84. The first-order valence-corrected chi connectivity index (χ1v) is 7.31. The van der Waals surface area contributed by atoms with Crippen LogP contribution in [0.2, 0.25) is 5.02 Å². The summed E-state index contributed by atoms with van der Waals surface area (Å²) in [6.45, 7) is 1.79. The smallest absolute Gasteiger partial charge is 0.278 e. The number of nitrogens with zero attached hydrogens (tertiary/aromatic N) is 2. The Labute approximate surface area is 133 Å². The third-order valence-corrected chi connectivity index (χ3v) is 3.99. The fourth-order valence-corrected chi connectivity index (χ4v) is 2.83. The summed E-state index contributed by atoms with van der Waals surface area (Å²) >= 11 is 6.10. The van der Waals surface area contributed by atoms with E-state index in [9.17, 15) is 9.90 Å². The monoisotopic (exact) mass is 314 g/mol. The molecule has 1 unspecified atom stereocenters. The molecule has 1 N–H and O–H groups in total. The molecule has 0 fully saturated rings. The van der Waals surface area contributed by atoms with Gasteiger partial charge in [-0.25, -0.2) is 0 Å². The lowest BCUT2D eigenvalue weighted by molar-refractivity contribution is -0.0765. The van der Waals surface area contributed by atoms with Crippen LogP contribution in [-0.2, 0) is 5.72 Å². The third kappa shape index (κ3) is 2.40. The number of hydrogen-bond donors (Lipinski definition) is 1. The molecule has 2 aromatic carbocycles. The van der Waals surface area contributed by atoms with Gasteiger partial charge in [0, 0.05) is 17.7 Å². The first-order valence-electron chi connectivity index (χ1n) is 6.93. The SMILES string of the molecule is CC1=NN(C(=O)c2ccccc2Cl)C(O)(c2ccccc2)C1. The van der Waals surface area contributed by atoms with E-state index in [-0.39, 0.29) is 6.42 Å². The molecular formula is C17H15ClN2O2. The highest BCUT2D eigenvalue weighted by Gasteiger charge is 2.45. The number of carbonyl (C=O) groups is 1. The Hall–Kier alpha value is -2.17. The van der Waals surface area contributed by atoms with Gasteiger partial charge in [0.2, 0.25) is 0 Å². The van der Waals surface area contributed by atoms with Crippen molar-refractivity contribution in [3.8, 4) is 0 Å². The van der Waals surface area contributed by atoms with E-state index in [0.29, 0.717) is 21.9 Å². The molecule has 3 rings (SSSR count). The molecule has 2 aromatic rings. The van der Waals surface area contributed by atoms with Gasteiger partial charge in [-0.05, 0) is 19.1 Å². The fraction of sp³-hybridized carbons (Fsp3) is 0.176. The Morgan fingerprint density at radius 3 is 2.50 bits per heavy atom. The van der Waals surface area contributed by atoms with Crippen molar-refractivity contribution in [3.63, 3.8) is 0 Å². The molecule has 1 atom stereocenters. The van der Waals surface area contributed by atoms with E-state index in [1.807, 2.05) is 18.2 Å². The van der Waals surface area contributed by atoms with E-state index in [1.54, 1.807) is 43.3 Å². The molecule has 112 valence electrons. The zero-order valence-corrected chi connectivity index (χ0v) is 12.8. The molecule has 0 radical (unpaired) electrons. The second kappa shape index (κ2) is 5.55. The number of halogens is 1. The highest BCUT2D eigenvalue weighted by Crippen LogP contribution is 2.36. The van der Waals surface area contributed by atoms with Gasteiger partial charge < -0.3 is 5.11 Å². The van der Waals surface area contributed by atoms with Gasteiger partial charge in [-0.1, -0.05) is 54.1 Å². The van der Waals surface area contributed by atoms with Crippen LogP contribution in [0.1, 0.15) is 29.3 Å². The van der Waals surface area contributed by atoms with Crippen molar-refractivity contribution in [3.05, 3.63) is 70.7 Å². The number of rotatable bonds is 2. The van der Waals surface area contributed by atoms with Crippen LogP contribution in [-0.4, -0.2) is 21.7 Å². The molecule has 0 bridgehead atoms. The van der Waals surface area contributed by atoms with Crippen LogP contribution in [0.25, 0.3) is 0 Å². The van der Waals surface area contributed by atoms with Gasteiger partial charge in [0.15, 0.2) is 5.72 Å². The minimum Gasteiger partial charge on any atom is -0.365 e. The van der Waals surface area contributed by atoms with Crippen molar-refractivity contribution >= 4 is 23.2 Å². The van der Waals surface area contributed by atoms with Crippen LogP contribution in [0.3, 0.4) is 0 Å². The summed E-state index contributed by atoms with van der Waals surface area (Å²) in [5.41, 5.74) is 0.140. The van der Waals surface area contributed by atoms with E-state index in [0.717, 1.165) is 5.01 Å². The van der Waals surface area contributed by atoms with Crippen molar-refractivity contribution in [2.24, 2.45) is 5.10 Å². The summed E-state index contributed by atoms with van der Waals surface area (Å²) in [5.74, 6) is -0.422. The molecule has 22 heavy (non-hydrogen) atoms. The summed E-state index contributed by atoms with van der Waals surface area (Å²) in [6.07, 6.45) is 0.271. The normalized spacial score (nSPS) is 20.9. The average molecular weight is 315 g/mol. The molecule has 0 saturated heterocycles. The van der Waals surface area contributed by atoms with Gasteiger partial charge in [0.25, 0.3) is 5.91 Å². The Morgan fingerprint density at radius 1 is 1.18 bits per heavy atom. The molecule has 1 amide bonds. The predicted octanol–water partition coefficient (Wildman–Crippen LogP) is 3.41. The van der Waals surface area contributed by atoms with E-state index >= 15 is 0 Å². The Balaban J connectivity index is 2.04. The molecule has 0 aromatic heterocycles. The van der Waals surface area contributed by atoms with Crippen molar-refractivity contribution in [2.45, 2.75) is 19.1 Å². The van der Waals surface area contributed by atoms with E-state index in [2.05, 4.69) is 5.10 Å². The molecule has 0 saturated carbocycles. The summed E-state index contributed by atoms with van der Waals surface area (Å²) in [6, 6.07) is 15.8. The number of hydrogen-bond acceptors (Lipinski definition) is 3. The van der Waals surface area contributed by atoms with Gasteiger partial charge in [-0.2, -0.15) is 10.1 Å². The van der Waals surface area contributed by atoms with Gasteiger partial charge >= 0.3 is 0 Å². The standard InChI is InChI=1S/C17H15ClN2O2/c1-12-11-17(22,13-7-3-2-4-8-13)20(19-12)16(21)14-9-5-6-10-15(14)18/h2-10,22H,11H2,1H3. The van der Waals surface area contributed by atoms with Crippen LogP contribution < -0.4 is 0 Å². The maximum absolute atomic E-state index is 12.8. The number of hydrazone groups is 1. The Morgan fingerprint density at radius 2 is 1.82 bits per heavy atom. The quantitative estimate of drug-likeness (QED) is 0.923. The van der Waals surface area contributed by atoms with Gasteiger partial charge in [-0.3, -0.25) is 4.79 Å². The lowest BCUT2D eigenvalue weighted by atomic mass is 9.97. The molecule has 4 nitrogen and oxygen atoms in total. The largest absolute Gasteiger partial charge is 0.365 e. The van der Waals surface area contributed by atoms with Crippen LogP contribution in [0, 0.1) is 0 Å².